The van der Waals surface area contributed by atoms with Crippen molar-refractivity contribution in [2.24, 2.45) is 0 Å². The van der Waals surface area contributed by atoms with Crippen LogP contribution in [-0.2, 0) is 6.54 Å². The fraction of sp³-hybridized carbons (Fsp3) is 0.217. The highest BCUT2D eigenvalue weighted by Crippen LogP contribution is 2.22. The number of carbonyl (C=O) groups excluding carboxylic acids is 1. The molecule has 0 saturated carbocycles. The van der Waals surface area contributed by atoms with Gasteiger partial charge >= 0.3 is 0 Å². The zero-order valence-electron chi connectivity index (χ0n) is 15.7. The third-order valence-corrected chi connectivity index (χ3v) is 4.85. The van der Waals surface area contributed by atoms with Crippen LogP contribution in [0.1, 0.15) is 15.9 Å². The summed E-state index contributed by atoms with van der Waals surface area (Å²) in [5, 5.41) is 0. The van der Waals surface area contributed by atoms with Crippen molar-refractivity contribution in [2.45, 2.75) is 6.54 Å². The van der Waals surface area contributed by atoms with E-state index in [-0.39, 0.29) is 5.91 Å². The highest BCUT2D eigenvalue weighted by Gasteiger charge is 2.22. The Labute approximate surface area is 165 Å². The SMILES string of the molecule is O=C(c1cccnc1)N1CCN(Cc2cccc(Oc3ccccc3)c2)CC1. The van der Waals surface area contributed by atoms with Gasteiger partial charge in [-0.05, 0) is 42.0 Å². The van der Waals surface area contributed by atoms with Crippen LogP contribution >= 0.6 is 0 Å². The molecule has 0 atom stereocenters. The van der Waals surface area contributed by atoms with Gasteiger partial charge in [0.05, 0.1) is 5.56 Å². The molecule has 0 bridgehead atoms. The van der Waals surface area contributed by atoms with Gasteiger partial charge in [0.15, 0.2) is 0 Å². The highest BCUT2D eigenvalue weighted by molar-refractivity contribution is 5.93. The quantitative estimate of drug-likeness (QED) is 0.682. The second-order valence-corrected chi connectivity index (χ2v) is 6.87. The Kier molecular flexibility index (Phi) is 5.64. The Balaban J connectivity index is 1.32. The Morgan fingerprint density at radius 2 is 1.68 bits per heavy atom. The van der Waals surface area contributed by atoms with Crippen molar-refractivity contribution in [3.05, 3.63) is 90.3 Å². The summed E-state index contributed by atoms with van der Waals surface area (Å²) in [6.45, 7) is 4.02. The van der Waals surface area contributed by atoms with Crippen LogP contribution in [0.2, 0.25) is 0 Å². The van der Waals surface area contributed by atoms with Crippen molar-refractivity contribution in [3.63, 3.8) is 0 Å². The maximum absolute atomic E-state index is 12.5. The number of pyridine rings is 1. The number of carbonyl (C=O) groups is 1. The van der Waals surface area contributed by atoms with Gasteiger partial charge in [-0.25, -0.2) is 0 Å². The molecule has 2 aromatic carbocycles. The minimum Gasteiger partial charge on any atom is -0.457 e. The Morgan fingerprint density at radius 1 is 0.893 bits per heavy atom. The summed E-state index contributed by atoms with van der Waals surface area (Å²) in [6.07, 6.45) is 3.32. The van der Waals surface area contributed by atoms with E-state index < -0.39 is 0 Å². The average Bonchev–Trinajstić information content (AvgIpc) is 2.75. The minimum absolute atomic E-state index is 0.0611. The van der Waals surface area contributed by atoms with Crippen LogP contribution in [0.3, 0.4) is 0 Å². The molecular formula is C23H23N3O2. The van der Waals surface area contributed by atoms with Gasteiger partial charge in [-0.1, -0.05) is 30.3 Å². The van der Waals surface area contributed by atoms with Gasteiger partial charge in [0, 0.05) is 45.1 Å². The number of hydrogen-bond acceptors (Lipinski definition) is 4. The zero-order chi connectivity index (χ0) is 19.2. The third-order valence-electron chi connectivity index (χ3n) is 4.85. The Bertz CT molecular complexity index is 907. The predicted molar refractivity (Wildman–Crippen MR) is 108 cm³/mol. The van der Waals surface area contributed by atoms with Crippen LogP contribution < -0.4 is 4.74 Å². The Morgan fingerprint density at radius 3 is 2.43 bits per heavy atom. The summed E-state index contributed by atoms with van der Waals surface area (Å²) >= 11 is 0. The van der Waals surface area contributed by atoms with Crippen molar-refractivity contribution in [1.29, 1.82) is 0 Å². The number of para-hydroxylation sites is 1. The number of nitrogens with zero attached hydrogens (tertiary/aromatic N) is 3. The highest BCUT2D eigenvalue weighted by atomic mass is 16.5. The van der Waals surface area contributed by atoms with Crippen LogP contribution in [0.15, 0.2) is 79.1 Å². The second-order valence-electron chi connectivity index (χ2n) is 6.87. The predicted octanol–water partition coefficient (Wildman–Crippen LogP) is 3.83. The number of piperazine rings is 1. The largest absolute Gasteiger partial charge is 0.457 e. The molecule has 1 aromatic heterocycles. The number of ether oxygens (including phenoxy) is 1. The molecule has 2 heterocycles. The fourth-order valence-corrected chi connectivity index (χ4v) is 3.37. The minimum atomic E-state index is 0.0611. The summed E-state index contributed by atoms with van der Waals surface area (Å²) in [4.78, 5) is 20.8. The fourth-order valence-electron chi connectivity index (χ4n) is 3.37. The van der Waals surface area contributed by atoms with Crippen molar-refractivity contribution in [3.8, 4) is 11.5 Å². The van der Waals surface area contributed by atoms with Gasteiger partial charge in [-0.3, -0.25) is 14.7 Å². The smallest absolute Gasteiger partial charge is 0.255 e. The van der Waals surface area contributed by atoms with Crippen molar-refractivity contribution in [1.82, 2.24) is 14.8 Å². The number of hydrogen-bond donors (Lipinski definition) is 0. The molecule has 1 fully saturated rings. The van der Waals surface area contributed by atoms with E-state index in [4.69, 9.17) is 4.74 Å². The summed E-state index contributed by atoms with van der Waals surface area (Å²) in [5.74, 6) is 1.74. The molecule has 1 aliphatic rings. The van der Waals surface area contributed by atoms with Crippen LogP contribution in [0, 0.1) is 0 Å². The molecule has 0 radical (unpaired) electrons. The Hall–Kier alpha value is -3.18. The molecule has 1 amide bonds. The summed E-state index contributed by atoms with van der Waals surface area (Å²) in [6, 6.07) is 21.6. The van der Waals surface area contributed by atoms with E-state index in [1.54, 1.807) is 18.5 Å². The number of aromatic nitrogens is 1. The number of benzene rings is 2. The van der Waals surface area contributed by atoms with Crippen LogP contribution in [-0.4, -0.2) is 46.9 Å². The molecule has 1 saturated heterocycles. The van der Waals surface area contributed by atoms with Crippen molar-refractivity contribution >= 4 is 5.91 Å². The van der Waals surface area contributed by atoms with E-state index in [0.717, 1.165) is 44.2 Å². The van der Waals surface area contributed by atoms with E-state index >= 15 is 0 Å². The molecule has 0 spiro atoms. The second kappa shape index (κ2) is 8.67. The van der Waals surface area contributed by atoms with Gasteiger partial charge in [-0.2, -0.15) is 0 Å². The molecule has 28 heavy (non-hydrogen) atoms. The van der Waals surface area contributed by atoms with Crippen LogP contribution in [0.4, 0.5) is 0 Å². The van der Waals surface area contributed by atoms with E-state index in [2.05, 4.69) is 22.0 Å². The van der Waals surface area contributed by atoms with Crippen LogP contribution in [0.25, 0.3) is 0 Å². The molecule has 142 valence electrons. The summed E-state index contributed by atoms with van der Waals surface area (Å²) in [5.41, 5.74) is 1.86. The lowest BCUT2D eigenvalue weighted by Crippen LogP contribution is -2.48. The van der Waals surface area contributed by atoms with E-state index in [9.17, 15) is 4.79 Å². The van der Waals surface area contributed by atoms with E-state index in [0.29, 0.717) is 5.56 Å². The molecule has 4 rings (SSSR count). The van der Waals surface area contributed by atoms with E-state index in [1.807, 2.05) is 53.4 Å². The van der Waals surface area contributed by atoms with Gasteiger partial charge in [0.2, 0.25) is 0 Å². The molecule has 0 aliphatic carbocycles. The lowest BCUT2D eigenvalue weighted by atomic mass is 10.1. The summed E-state index contributed by atoms with van der Waals surface area (Å²) < 4.78 is 5.93. The maximum Gasteiger partial charge on any atom is 0.255 e. The number of amides is 1. The average molecular weight is 373 g/mol. The lowest BCUT2D eigenvalue weighted by molar-refractivity contribution is 0.0628. The van der Waals surface area contributed by atoms with E-state index in [1.165, 1.54) is 5.56 Å². The molecule has 3 aromatic rings. The molecule has 0 unspecified atom stereocenters. The van der Waals surface area contributed by atoms with Gasteiger partial charge < -0.3 is 9.64 Å². The van der Waals surface area contributed by atoms with Gasteiger partial charge in [0.1, 0.15) is 11.5 Å². The van der Waals surface area contributed by atoms with Crippen molar-refractivity contribution < 1.29 is 9.53 Å². The number of rotatable bonds is 5. The maximum atomic E-state index is 12.5. The molecule has 5 heteroatoms. The zero-order valence-corrected chi connectivity index (χ0v) is 15.7. The van der Waals surface area contributed by atoms with Gasteiger partial charge in [-0.15, -0.1) is 0 Å². The third kappa shape index (κ3) is 4.56. The first-order chi connectivity index (χ1) is 13.8. The molecule has 5 nitrogen and oxygen atoms in total. The topological polar surface area (TPSA) is 45.7 Å². The lowest BCUT2D eigenvalue weighted by Gasteiger charge is -2.34. The molecule has 0 N–H and O–H groups in total. The summed E-state index contributed by atoms with van der Waals surface area (Å²) in [7, 11) is 0. The first-order valence-electron chi connectivity index (χ1n) is 9.51. The van der Waals surface area contributed by atoms with Crippen LogP contribution in [0.5, 0.6) is 11.5 Å². The standard InChI is InChI=1S/C23H23N3O2/c27-23(20-7-5-11-24-17-20)26-14-12-25(13-15-26)18-19-6-4-10-22(16-19)28-21-8-2-1-3-9-21/h1-11,16-17H,12-15,18H2. The molecular weight excluding hydrogens is 350 g/mol. The first-order valence-corrected chi connectivity index (χ1v) is 9.51. The van der Waals surface area contributed by atoms with Crippen molar-refractivity contribution in [2.75, 3.05) is 26.2 Å². The first kappa shape index (κ1) is 18.2. The normalized spacial score (nSPS) is 14.6. The molecule has 1 aliphatic heterocycles. The monoisotopic (exact) mass is 373 g/mol. The van der Waals surface area contributed by atoms with Gasteiger partial charge in [0.25, 0.3) is 5.91 Å².